The summed E-state index contributed by atoms with van der Waals surface area (Å²) in [6, 6.07) is 24.0. The van der Waals surface area contributed by atoms with Crippen molar-refractivity contribution in [2.45, 2.75) is 26.6 Å². The van der Waals surface area contributed by atoms with Crippen LogP contribution in [0, 0.1) is 5.92 Å². The van der Waals surface area contributed by atoms with Crippen LogP contribution in [0.2, 0.25) is 0 Å². The van der Waals surface area contributed by atoms with Crippen LogP contribution in [-0.2, 0) is 20.9 Å². The second kappa shape index (κ2) is 12.9. The fourth-order valence-electron chi connectivity index (χ4n) is 3.30. The number of alkyl carbamates (subject to hydrolysis) is 1. The van der Waals surface area contributed by atoms with E-state index in [-0.39, 0.29) is 30.5 Å². The van der Waals surface area contributed by atoms with Crippen LogP contribution in [0.1, 0.15) is 45.7 Å². The van der Waals surface area contributed by atoms with Gasteiger partial charge in [0.1, 0.15) is 6.61 Å². The summed E-state index contributed by atoms with van der Waals surface area (Å²) in [5.74, 6) is -1.87. The maximum Gasteiger partial charge on any atom is 0.408 e. The van der Waals surface area contributed by atoms with Crippen LogP contribution < -0.4 is 10.6 Å². The number of carbonyl (C=O) groups excluding carboxylic acids is 4. The summed E-state index contributed by atoms with van der Waals surface area (Å²) in [6.07, 6.45) is -1.80. The predicted octanol–water partition coefficient (Wildman–Crippen LogP) is 4.10. The van der Waals surface area contributed by atoms with Gasteiger partial charge in [-0.3, -0.25) is 9.59 Å². The fourth-order valence-corrected chi connectivity index (χ4v) is 3.30. The number of hydrogen-bond donors (Lipinski definition) is 2. The lowest BCUT2D eigenvalue weighted by Gasteiger charge is -2.21. The maximum atomic E-state index is 12.8. The highest BCUT2D eigenvalue weighted by atomic mass is 16.6. The molecule has 0 aromatic heterocycles. The SMILES string of the molecule is CC(C)C(OC(=O)c1cccc(C(=O)c2ccccc2)c1)C(=O)NCNC(=O)OCc1ccccc1. The van der Waals surface area contributed by atoms with E-state index < -0.39 is 24.1 Å². The van der Waals surface area contributed by atoms with Gasteiger partial charge in [-0.25, -0.2) is 9.59 Å². The van der Waals surface area contributed by atoms with Crippen LogP contribution >= 0.6 is 0 Å². The molecule has 0 aliphatic rings. The molecule has 8 heteroatoms. The Kier molecular flexibility index (Phi) is 9.33. The van der Waals surface area contributed by atoms with Crippen molar-refractivity contribution < 1.29 is 28.7 Å². The van der Waals surface area contributed by atoms with Gasteiger partial charge in [-0.2, -0.15) is 0 Å². The Balaban J connectivity index is 1.53. The monoisotopic (exact) mass is 488 g/mol. The summed E-state index contributed by atoms with van der Waals surface area (Å²) < 4.78 is 10.5. The summed E-state index contributed by atoms with van der Waals surface area (Å²) >= 11 is 0. The van der Waals surface area contributed by atoms with Crippen LogP contribution in [0.4, 0.5) is 4.79 Å². The van der Waals surface area contributed by atoms with Gasteiger partial charge in [0.15, 0.2) is 11.9 Å². The molecule has 0 saturated carbocycles. The number of rotatable bonds is 10. The topological polar surface area (TPSA) is 111 Å². The van der Waals surface area contributed by atoms with E-state index in [9.17, 15) is 19.2 Å². The molecule has 3 aromatic rings. The number of ether oxygens (including phenoxy) is 2. The Hall–Kier alpha value is -4.46. The molecule has 0 heterocycles. The first-order valence-corrected chi connectivity index (χ1v) is 11.5. The largest absolute Gasteiger partial charge is 0.448 e. The first kappa shape index (κ1) is 26.2. The van der Waals surface area contributed by atoms with E-state index in [0.29, 0.717) is 11.1 Å². The second-order valence-corrected chi connectivity index (χ2v) is 8.30. The number of amides is 2. The lowest BCUT2D eigenvalue weighted by atomic mass is 10.0. The highest BCUT2D eigenvalue weighted by Crippen LogP contribution is 2.15. The molecule has 3 aromatic carbocycles. The minimum absolute atomic E-state index is 0.0959. The summed E-state index contributed by atoms with van der Waals surface area (Å²) in [7, 11) is 0. The Morgan fingerprint density at radius 2 is 1.36 bits per heavy atom. The summed E-state index contributed by atoms with van der Waals surface area (Å²) in [4.78, 5) is 50.0. The molecule has 186 valence electrons. The van der Waals surface area contributed by atoms with E-state index in [1.54, 1.807) is 50.2 Å². The van der Waals surface area contributed by atoms with Crippen molar-refractivity contribution in [1.82, 2.24) is 10.6 Å². The van der Waals surface area contributed by atoms with Gasteiger partial charge in [0.25, 0.3) is 5.91 Å². The minimum atomic E-state index is -1.10. The normalized spacial score (nSPS) is 11.3. The van der Waals surface area contributed by atoms with Gasteiger partial charge < -0.3 is 20.1 Å². The zero-order valence-electron chi connectivity index (χ0n) is 20.1. The van der Waals surface area contributed by atoms with E-state index >= 15 is 0 Å². The van der Waals surface area contributed by atoms with Gasteiger partial charge >= 0.3 is 12.1 Å². The van der Waals surface area contributed by atoms with E-state index in [1.165, 1.54) is 12.1 Å². The molecular weight excluding hydrogens is 460 g/mol. The first-order valence-electron chi connectivity index (χ1n) is 11.5. The zero-order chi connectivity index (χ0) is 25.9. The van der Waals surface area contributed by atoms with Crippen LogP contribution in [0.15, 0.2) is 84.9 Å². The molecular formula is C28H28N2O6. The van der Waals surface area contributed by atoms with Crippen molar-refractivity contribution in [3.05, 3.63) is 107 Å². The molecule has 36 heavy (non-hydrogen) atoms. The predicted molar refractivity (Wildman–Crippen MR) is 133 cm³/mol. The Morgan fingerprint density at radius 1 is 0.750 bits per heavy atom. The summed E-state index contributed by atoms with van der Waals surface area (Å²) in [5, 5.41) is 4.95. The molecule has 0 aliphatic heterocycles. The van der Waals surface area contributed by atoms with Crippen molar-refractivity contribution in [3.63, 3.8) is 0 Å². The molecule has 0 bridgehead atoms. The highest BCUT2D eigenvalue weighted by Gasteiger charge is 2.27. The quantitative estimate of drug-likeness (QED) is 0.253. The van der Waals surface area contributed by atoms with Gasteiger partial charge in [-0.15, -0.1) is 0 Å². The molecule has 2 N–H and O–H groups in total. The molecule has 0 radical (unpaired) electrons. The average molecular weight is 489 g/mol. The van der Waals surface area contributed by atoms with Crippen molar-refractivity contribution >= 4 is 23.8 Å². The third-order valence-electron chi connectivity index (χ3n) is 5.20. The van der Waals surface area contributed by atoms with Gasteiger partial charge in [0.2, 0.25) is 0 Å². The van der Waals surface area contributed by atoms with Crippen LogP contribution in [-0.4, -0.2) is 36.5 Å². The fraction of sp³-hybridized carbons (Fsp3) is 0.214. The Labute approximate surface area is 209 Å². The van der Waals surface area contributed by atoms with Crippen molar-refractivity contribution in [2.24, 2.45) is 5.92 Å². The molecule has 3 rings (SSSR count). The lowest BCUT2D eigenvalue weighted by molar-refractivity contribution is -0.132. The molecule has 0 aliphatic carbocycles. The molecule has 8 nitrogen and oxygen atoms in total. The number of benzene rings is 3. The average Bonchev–Trinajstić information content (AvgIpc) is 2.90. The Morgan fingerprint density at radius 3 is 2.03 bits per heavy atom. The third-order valence-corrected chi connectivity index (χ3v) is 5.20. The minimum Gasteiger partial charge on any atom is -0.448 e. The number of carbonyl (C=O) groups is 4. The second-order valence-electron chi connectivity index (χ2n) is 8.30. The lowest BCUT2D eigenvalue weighted by Crippen LogP contribution is -2.45. The van der Waals surface area contributed by atoms with E-state index in [1.807, 2.05) is 36.4 Å². The van der Waals surface area contributed by atoms with Crippen LogP contribution in [0.3, 0.4) is 0 Å². The molecule has 0 saturated heterocycles. The molecule has 0 fully saturated rings. The molecule has 1 atom stereocenters. The van der Waals surface area contributed by atoms with E-state index in [4.69, 9.17) is 9.47 Å². The Bertz CT molecular complexity index is 1190. The van der Waals surface area contributed by atoms with Crippen LogP contribution in [0.5, 0.6) is 0 Å². The summed E-state index contributed by atoms with van der Waals surface area (Å²) in [5.41, 5.74) is 1.81. The van der Waals surface area contributed by atoms with Crippen molar-refractivity contribution in [1.29, 1.82) is 0 Å². The number of ketones is 1. The zero-order valence-corrected chi connectivity index (χ0v) is 20.1. The van der Waals surface area contributed by atoms with Crippen molar-refractivity contribution in [2.75, 3.05) is 6.67 Å². The van der Waals surface area contributed by atoms with Gasteiger partial charge in [0.05, 0.1) is 12.2 Å². The van der Waals surface area contributed by atoms with Gasteiger partial charge in [0, 0.05) is 11.1 Å². The highest BCUT2D eigenvalue weighted by molar-refractivity contribution is 6.10. The van der Waals surface area contributed by atoms with Gasteiger partial charge in [-0.1, -0.05) is 86.6 Å². The number of nitrogens with one attached hydrogen (secondary N) is 2. The van der Waals surface area contributed by atoms with Gasteiger partial charge in [-0.05, 0) is 23.6 Å². The van der Waals surface area contributed by atoms with E-state index in [2.05, 4.69) is 10.6 Å². The van der Waals surface area contributed by atoms with Crippen molar-refractivity contribution in [3.8, 4) is 0 Å². The standard InChI is InChI=1S/C28H28N2O6/c1-19(2)25(26(32)29-18-30-28(34)35-17-20-10-5-3-6-11-20)36-27(33)23-15-9-14-22(16-23)24(31)21-12-7-4-8-13-21/h3-16,19,25H,17-18H2,1-2H3,(H,29,32)(H,30,34). The number of hydrogen-bond acceptors (Lipinski definition) is 6. The smallest absolute Gasteiger partial charge is 0.408 e. The maximum absolute atomic E-state index is 12.8. The van der Waals surface area contributed by atoms with Crippen LogP contribution in [0.25, 0.3) is 0 Å². The van der Waals surface area contributed by atoms with E-state index in [0.717, 1.165) is 5.56 Å². The molecule has 1 unspecified atom stereocenters. The third kappa shape index (κ3) is 7.53. The molecule has 2 amide bonds. The summed E-state index contributed by atoms with van der Waals surface area (Å²) in [6.45, 7) is 3.36. The number of esters is 1. The molecule has 0 spiro atoms. The first-order chi connectivity index (χ1) is 17.3.